The van der Waals surface area contributed by atoms with E-state index < -0.39 is 15.9 Å². The Bertz CT molecular complexity index is 406. The smallest absolute Gasteiger partial charge is 0.258 e. The summed E-state index contributed by atoms with van der Waals surface area (Å²) in [4.78, 5) is 10.6. The molecule has 0 aliphatic rings. The van der Waals surface area contributed by atoms with Gasteiger partial charge in [-0.05, 0) is 6.07 Å². The minimum atomic E-state index is -3.71. The summed E-state index contributed by atoms with van der Waals surface area (Å²) in [5.74, 6) is -0.658. The molecule has 0 aromatic carbocycles. The molecule has 0 saturated carbocycles. The Labute approximate surface area is 73.0 Å². The van der Waals surface area contributed by atoms with Crippen LogP contribution in [0.25, 0.3) is 0 Å². The molecule has 5 nitrogen and oxygen atoms in total. The third kappa shape index (κ3) is 1.81. The third-order valence-corrected chi connectivity index (χ3v) is 3.13. The number of nitrogens with two attached hydrogens (primary N) is 2. The molecule has 1 amide bonds. The maximum atomic E-state index is 10.7. The molecule has 4 N–H and O–H groups in total. The summed E-state index contributed by atoms with van der Waals surface area (Å²) in [5, 5.41) is 6.07. The van der Waals surface area contributed by atoms with Gasteiger partial charge in [-0.3, -0.25) is 4.79 Å². The van der Waals surface area contributed by atoms with Crippen LogP contribution in [0.3, 0.4) is 0 Å². The monoisotopic (exact) mass is 206 g/mol. The van der Waals surface area contributed by atoms with Crippen molar-refractivity contribution in [3.05, 3.63) is 16.3 Å². The van der Waals surface area contributed by atoms with Crippen LogP contribution in [0.15, 0.2) is 16.3 Å². The van der Waals surface area contributed by atoms with Crippen molar-refractivity contribution in [3.8, 4) is 0 Å². The molecule has 12 heavy (non-hydrogen) atoms. The summed E-state index contributed by atoms with van der Waals surface area (Å²) in [7, 11) is -3.71. The Morgan fingerprint density at radius 3 is 2.33 bits per heavy atom. The highest BCUT2D eigenvalue weighted by Gasteiger charge is 2.12. The second-order valence-electron chi connectivity index (χ2n) is 2.06. The van der Waals surface area contributed by atoms with Crippen LogP contribution in [-0.4, -0.2) is 14.3 Å². The molecule has 1 rings (SSSR count). The zero-order chi connectivity index (χ0) is 9.35. The van der Waals surface area contributed by atoms with E-state index in [2.05, 4.69) is 0 Å². The largest absolute Gasteiger partial charge is 0.365 e. The number of rotatable bonds is 2. The lowest BCUT2D eigenvalue weighted by molar-refractivity contribution is 0.100. The number of carbonyl (C=O) groups is 1. The fourth-order valence-corrected chi connectivity index (χ4v) is 2.26. The molecule has 0 radical (unpaired) electrons. The highest BCUT2D eigenvalue weighted by molar-refractivity contribution is 7.89. The summed E-state index contributed by atoms with van der Waals surface area (Å²) in [6.07, 6.45) is 0. The number of primary amides is 1. The predicted octanol–water partition coefficient (Wildman–Crippen LogP) is -0.506. The average Bonchev–Trinajstić information content (AvgIpc) is 2.30. The van der Waals surface area contributed by atoms with Crippen LogP contribution in [0.4, 0.5) is 0 Å². The fraction of sp³-hybridized carbons (Fsp3) is 0. The van der Waals surface area contributed by atoms with Crippen LogP contribution < -0.4 is 10.9 Å². The highest BCUT2D eigenvalue weighted by atomic mass is 32.2. The summed E-state index contributed by atoms with van der Waals surface area (Å²) >= 11 is 0.951. The number of hydrogen-bond donors (Lipinski definition) is 2. The minimum absolute atomic E-state index is 0.0821. The molecule has 0 atom stereocenters. The van der Waals surface area contributed by atoms with Crippen molar-refractivity contribution in [1.82, 2.24) is 0 Å². The highest BCUT2D eigenvalue weighted by Crippen LogP contribution is 2.16. The zero-order valence-electron chi connectivity index (χ0n) is 5.85. The quantitative estimate of drug-likeness (QED) is 0.681. The van der Waals surface area contributed by atoms with Gasteiger partial charge < -0.3 is 5.73 Å². The lowest BCUT2D eigenvalue weighted by Crippen LogP contribution is -2.12. The maximum absolute atomic E-state index is 10.7. The van der Waals surface area contributed by atoms with E-state index in [1.54, 1.807) is 0 Å². The van der Waals surface area contributed by atoms with E-state index in [-0.39, 0.29) is 9.77 Å². The Kier molecular flexibility index (Phi) is 2.18. The van der Waals surface area contributed by atoms with Gasteiger partial charge in [0, 0.05) is 5.38 Å². The molecule has 1 aromatic heterocycles. The van der Waals surface area contributed by atoms with Crippen molar-refractivity contribution in [1.29, 1.82) is 0 Å². The Hall–Kier alpha value is -0.920. The Balaban J connectivity index is 3.17. The topological polar surface area (TPSA) is 103 Å². The SMILES string of the molecule is NC(=O)c1cc(S(N)(=O)=O)cs1. The number of primary sulfonamides is 1. The van der Waals surface area contributed by atoms with Gasteiger partial charge in [0.15, 0.2) is 0 Å². The lowest BCUT2D eigenvalue weighted by Gasteiger charge is -1.88. The van der Waals surface area contributed by atoms with E-state index in [4.69, 9.17) is 10.9 Å². The fourth-order valence-electron chi connectivity index (χ4n) is 0.597. The van der Waals surface area contributed by atoms with Gasteiger partial charge in [0.1, 0.15) is 0 Å². The van der Waals surface area contributed by atoms with E-state index in [0.29, 0.717) is 0 Å². The van der Waals surface area contributed by atoms with E-state index in [1.807, 2.05) is 0 Å². The van der Waals surface area contributed by atoms with Crippen molar-refractivity contribution in [2.24, 2.45) is 10.9 Å². The Morgan fingerprint density at radius 1 is 1.50 bits per heavy atom. The first-order valence-corrected chi connectivity index (χ1v) is 5.25. The molecule has 0 spiro atoms. The first kappa shape index (κ1) is 9.17. The lowest BCUT2D eigenvalue weighted by atomic mass is 10.5. The molecular formula is C5H6N2O3S2. The van der Waals surface area contributed by atoms with Crippen molar-refractivity contribution in [3.63, 3.8) is 0 Å². The number of carbonyl (C=O) groups excluding carboxylic acids is 1. The van der Waals surface area contributed by atoms with Gasteiger partial charge in [-0.15, -0.1) is 11.3 Å². The number of hydrogen-bond acceptors (Lipinski definition) is 4. The van der Waals surface area contributed by atoms with Crippen LogP contribution in [0.2, 0.25) is 0 Å². The maximum Gasteiger partial charge on any atom is 0.258 e. The van der Waals surface area contributed by atoms with Gasteiger partial charge >= 0.3 is 0 Å². The molecule has 0 fully saturated rings. The summed E-state index contributed by atoms with van der Waals surface area (Å²) < 4.78 is 21.4. The molecule has 0 aliphatic heterocycles. The molecule has 0 aliphatic carbocycles. The summed E-state index contributed by atoms with van der Waals surface area (Å²) in [6, 6.07) is 1.16. The van der Waals surface area contributed by atoms with Crippen molar-refractivity contribution in [2.75, 3.05) is 0 Å². The summed E-state index contributed by atoms with van der Waals surface area (Å²) in [6.45, 7) is 0. The standard InChI is InChI=1S/C5H6N2O3S2/c6-5(8)4-1-3(2-11-4)12(7,9)10/h1-2H,(H2,6,8)(H2,7,9,10). The van der Waals surface area contributed by atoms with Gasteiger partial charge in [-0.2, -0.15) is 0 Å². The second kappa shape index (κ2) is 2.85. The van der Waals surface area contributed by atoms with Crippen molar-refractivity contribution in [2.45, 2.75) is 4.90 Å². The Morgan fingerprint density at radius 2 is 2.08 bits per heavy atom. The van der Waals surface area contributed by atoms with Crippen LogP contribution >= 0.6 is 11.3 Å². The van der Waals surface area contributed by atoms with Gasteiger partial charge in [-0.25, -0.2) is 13.6 Å². The zero-order valence-corrected chi connectivity index (χ0v) is 7.48. The van der Waals surface area contributed by atoms with E-state index in [9.17, 15) is 13.2 Å². The minimum Gasteiger partial charge on any atom is -0.365 e. The first-order chi connectivity index (χ1) is 5.41. The van der Waals surface area contributed by atoms with E-state index in [0.717, 1.165) is 17.4 Å². The average molecular weight is 206 g/mol. The van der Waals surface area contributed by atoms with Gasteiger partial charge in [0.2, 0.25) is 10.0 Å². The molecule has 7 heteroatoms. The predicted molar refractivity (Wildman–Crippen MR) is 44.2 cm³/mol. The third-order valence-electron chi connectivity index (χ3n) is 1.15. The van der Waals surface area contributed by atoms with Crippen LogP contribution in [0.1, 0.15) is 9.67 Å². The second-order valence-corrected chi connectivity index (χ2v) is 4.53. The molecule has 0 saturated heterocycles. The van der Waals surface area contributed by atoms with Crippen LogP contribution in [0, 0.1) is 0 Å². The number of thiophene rings is 1. The summed E-state index contributed by atoms with van der Waals surface area (Å²) in [5.41, 5.74) is 4.91. The molecule has 66 valence electrons. The molecule has 0 bridgehead atoms. The number of sulfonamides is 1. The van der Waals surface area contributed by atoms with Gasteiger partial charge in [0.05, 0.1) is 9.77 Å². The van der Waals surface area contributed by atoms with Crippen LogP contribution in [0.5, 0.6) is 0 Å². The van der Waals surface area contributed by atoms with Gasteiger partial charge in [0.25, 0.3) is 5.91 Å². The molecular weight excluding hydrogens is 200 g/mol. The van der Waals surface area contributed by atoms with Crippen molar-refractivity contribution < 1.29 is 13.2 Å². The molecule has 1 aromatic rings. The van der Waals surface area contributed by atoms with E-state index >= 15 is 0 Å². The van der Waals surface area contributed by atoms with Crippen molar-refractivity contribution >= 4 is 27.3 Å². The van der Waals surface area contributed by atoms with Crippen LogP contribution in [-0.2, 0) is 10.0 Å². The first-order valence-electron chi connectivity index (χ1n) is 2.82. The number of amides is 1. The molecule has 1 heterocycles. The van der Waals surface area contributed by atoms with Gasteiger partial charge in [-0.1, -0.05) is 0 Å². The van der Waals surface area contributed by atoms with E-state index in [1.165, 1.54) is 5.38 Å². The molecule has 0 unspecified atom stereocenters. The normalized spacial score (nSPS) is 11.4.